The van der Waals surface area contributed by atoms with Gasteiger partial charge in [-0.15, -0.1) is 0 Å². The number of benzene rings is 1. The number of nitrogens with zero attached hydrogens (tertiary/aromatic N) is 1. The van der Waals surface area contributed by atoms with E-state index in [2.05, 4.69) is 0 Å². The third-order valence-electron chi connectivity index (χ3n) is 3.46. The summed E-state index contributed by atoms with van der Waals surface area (Å²) in [6.45, 7) is 2.24. The molecule has 0 aromatic heterocycles. The quantitative estimate of drug-likeness (QED) is 0.743. The molecule has 0 atom stereocenters. The van der Waals surface area contributed by atoms with Crippen molar-refractivity contribution < 1.29 is 18.3 Å². The Hall–Kier alpha value is -1.31. The summed E-state index contributed by atoms with van der Waals surface area (Å²) in [4.78, 5) is 0. The number of sulfonamides is 1. The lowest BCUT2D eigenvalue weighted by Gasteiger charge is -2.44. The van der Waals surface area contributed by atoms with E-state index in [-0.39, 0.29) is 25.4 Å². The van der Waals surface area contributed by atoms with Crippen molar-refractivity contribution in [2.45, 2.75) is 18.9 Å². The van der Waals surface area contributed by atoms with Gasteiger partial charge in [-0.2, -0.15) is 4.31 Å². The molecule has 6 nitrogen and oxygen atoms in total. The first kappa shape index (κ1) is 15.1. The number of β-amino-alcohol motifs (C(OH)–C–C–N with tert-alkyl or cyclic N) is 1. The Morgan fingerprint density at radius 2 is 2.15 bits per heavy atom. The summed E-state index contributed by atoms with van der Waals surface area (Å²) in [5.41, 5.74) is 5.32. The minimum absolute atomic E-state index is 0.0623. The molecule has 1 saturated heterocycles. The molecule has 0 radical (unpaired) electrons. The molecule has 0 saturated carbocycles. The van der Waals surface area contributed by atoms with E-state index in [1.807, 2.05) is 6.92 Å². The molecule has 0 aliphatic carbocycles. The molecule has 1 aromatic rings. The van der Waals surface area contributed by atoms with E-state index in [1.54, 1.807) is 24.3 Å². The Labute approximate surface area is 119 Å². The van der Waals surface area contributed by atoms with Crippen LogP contribution in [0, 0.1) is 0 Å². The number of nitrogen functional groups attached to an aromatic ring is 1. The van der Waals surface area contributed by atoms with E-state index in [1.165, 1.54) is 4.31 Å². The predicted molar refractivity (Wildman–Crippen MR) is 77.0 cm³/mol. The Balaban J connectivity index is 1.82. The summed E-state index contributed by atoms with van der Waals surface area (Å²) < 4.78 is 30.6. The molecular formula is C13H20N2O4S. The van der Waals surface area contributed by atoms with Crippen LogP contribution in [-0.2, 0) is 10.0 Å². The lowest BCUT2D eigenvalue weighted by molar-refractivity contribution is -0.0614. The second kappa shape index (κ2) is 5.59. The monoisotopic (exact) mass is 300 g/mol. The number of nitrogens with two attached hydrogens (primary N) is 1. The molecule has 112 valence electrons. The maximum Gasteiger partial charge on any atom is 0.217 e. The molecule has 1 aliphatic heterocycles. The highest BCUT2D eigenvalue weighted by Gasteiger charge is 2.45. The fourth-order valence-corrected chi connectivity index (χ4v) is 3.45. The van der Waals surface area contributed by atoms with Gasteiger partial charge in [0.2, 0.25) is 10.0 Å². The Morgan fingerprint density at radius 3 is 2.75 bits per heavy atom. The molecule has 1 aliphatic rings. The predicted octanol–water partition coefficient (Wildman–Crippen LogP) is 0.434. The van der Waals surface area contributed by atoms with Crippen LogP contribution in [0.15, 0.2) is 24.3 Å². The van der Waals surface area contributed by atoms with Crippen LogP contribution in [-0.4, -0.2) is 48.9 Å². The van der Waals surface area contributed by atoms with Gasteiger partial charge in [0.1, 0.15) is 12.4 Å². The lowest BCUT2D eigenvalue weighted by Crippen LogP contribution is -2.63. The normalized spacial score (nSPS) is 18.5. The fraction of sp³-hybridized carbons (Fsp3) is 0.538. The maximum atomic E-state index is 12.0. The first-order valence-electron chi connectivity index (χ1n) is 6.53. The maximum absolute atomic E-state index is 12.0. The first-order chi connectivity index (χ1) is 9.35. The number of aliphatic hydroxyl groups is 1. The third kappa shape index (κ3) is 3.41. The lowest BCUT2D eigenvalue weighted by atomic mass is 9.94. The summed E-state index contributed by atoms with van der Waals surface area (Å²) in [5.74, 6) is 0.440. The molecule has 0 spiro atoms. The second-order valence-electron chi connectivity index (χ2n) is 5.08. The minimum atomic E-state index is -3.37. The zero-order valence-corrected chi connectivity index (χ0v) is 12.3. The van der Waals surface area contributed by atoms with Crippen molar-refractivity contribution in [2.75, 3.05) is 31.2 Å². The van der Waals surface area contributed by atoms with Gasteiger partial charge in [0, 0.05) is 24.8 Å². The van der Waals surface area contributed by atoms with Crippen LogP contribution >= 0.6 is 0 Å². The van der Waals surface area contributed by atoms with E-state index >= 15 is 0 Å². The zero-order chi connectivity index (χ0) is 14.8. The summed E-state index contributed by atoms with van der Waals surface area (Å²) >= 11 is 0. The molecular weight excluding hydrogens is 280 g/mol. The van der Waals surface area contributed by atoms with Gasteiger partial charge < -0.3 is 15.6 Å². The molecule has 0 amide bonds. The van der Waals surface area contributed by atoms with E-state index in [9.17, 15) is 13.5 Å². The van der Waals surface area contributed by atoms with Gasteiger partial charge in [-0.05, 0) is 18.6 Å². The average molecular weight is 300 g/mol. The van der Waals surface area contributed by atoms with Crippen LogP contribution in [0.5, 0.6) is 5.75 Å². The second-order valence-corrected chi connectivity index (χ2v) is 7.17. The van der Waals surface area contributed by atoms with Gasteiger partial charge in [0.25, 0.3) is 0 Å². The van der Waals surface area contributed by atoms with Gasteiger partial charge in [0.15, 0.2) is 0 Å². The molecule has 1 heterocycles. The molecule has 1 fully saturated rings. The Kier molecular flexibility index (Phi) is 4.22. The van der Waals surface area contributed by atoms with Gasteiger partial charge in [0.05, 0.1) is 11.4 Å². The van der Waals surface area contributed by atoms with Crippen molar-refractivity contribution in [1.82, 2.24) is 4.31 Å². The molecule has 7 heteroatoms. The van der Waals surface area contributed by atoms with Crippen LogP contribution in [0.25, 0.3) is 0 Å². The van der Waals surface area contributed by atoms with Crippen molar-refractivity contribution >= 4 is 15.7 Å². The minimum Gasteiger partial charge on any atom is -0.492 e. The average Bonchev–Trinajstić information content (AvgIpc) is 2.35. The van der Waals surface area contributed by atoms with Crippen LogP contribution in [0.1, 0.15) is 13.3 Å². The standard InChI is InChI=1S/C13H20N2O4S/c1-2-13(16)9-15(10-13)20(17,18)7-6-19-12-5-3-4-11(14)8-12/h3-5,8,16H,2,6-7,9-10,14H2,1H3. The van der Waals surface area contributed by atoms with Crippen LogP contribution < -0.4 is 10.5 Å². The molecule has 0 bridgehead atoms. The molecule has 20 heavy (non-hydrogen) atoms. The summed E-state index contributed by atoms with van der Waals surface area (Å²) in [6.07, 6.45) is 0.554. The van der Waals surface area contributed by atoms with Gasteiger partial charge in [-0.1, -0.05) is 13.0 Å². The highest BCUT2D eigenvalue weighted by molar-refractivity contribution is 7.89. The summed E-state index contributed by atoms with van der Waals surface area (Å²) in [5, 5.41) is 9.84. The topological polar surface area (TPSA) is 92.9 Å². The summed E-state index contributed by atoms with van der Waals surface area (Å²) in [6, 6.07) is 6.85. The van der Waals surface area contributed by atoms with E-state index in [0.29, 0.717) is 17.9 Å². The number of hydrogen-bond acceptors (Lipinski definition) is 5. The zero-order valence-electron chi connectivity index (χ0n) is 11.4. The first-order valence-corrected chi connectivity index (χ1v) is 8.14. The van der Waals surface area contributed by atoms with Gasteiger partial charge >= 0.3 is 0 Å². The van der Waals surface area contributed by atoms with Crippen molar-refractivity contribution in [1.29, 1.82) is 0 Å². The Morgan fingerprint density at radius 1 is 1.45 bits per heavy atom. The van der Waals surface area contributed by atoms with Crippen LogP contribution in [0.3, 0.4) is 0 Å². The van der Waals surface area contributed by atoms with Gasteiger partial charge in [-0.3, -0.25) is 0 Å². The number of rotatable bonds is 6. The fourth-order valence-electron chi connectivity index (χ4n) is 2.03. The summed E-state index contributed by atoms with van der Waals surface area (Å²) in [7, 11) is -3.37. The molecule has 2 rings (SSSR count). The van der Waals surface area contributed by atoms with Crippen molar-refractivity contribution in [3.05, 3.63) is 24.3 Å². The molecule has 1 aromatic carbocycles. The Bertz CT molecular complexity index is 567. The highest BCUT2D eigenvalue weighted by Crippen LogP contribution is 2.27. The van der Waals surface area contributed by atoms with Crippen molar-refractivity contribution in [3.63, 3.8) is 0 Å². The smallest absolute Gasteiger partial charge is 0.217 e. The third-order valence-corrected chi connectivity index (χ3v) is 5.19. The number of anilines is 1. The van der Waals surface area contributed by atoms with Crippen molar-refractivity contribution in [2.24, 2.45) is 0 Å². The largest absolute Gasteiger partial charge is 0.492 e. The highest BCUT2D eigenvalue weighted by atomic mass is 32.2. The molecule has 3 N–H and O–H groups in total. The number of ether oxygens (including phenoxy) is 1. The molecule has 0 unspecified atom stereocenters. The van der Waals surface area contributed by atoms with Crippen molar-refractivity contribution in [3.8, 4) is 5.75 Å². The number of hydrogen-bond donors (Lipinski definition) is 2. The van der Waals surface area contributed by atoms with E-state index < -0.39 is 15.6 Å². The SMILES string of the molecule is CCC1(O)CN(S(=O)(=O)CCOc2cccc(N)c2)C1. The van der Waals surface area contributed by atoms with E-state index in [0.717, 1.165) is 0 Å². The van der Waals surface area contributed by atoms with Crippen LogP contribution in [0.2, 0.25) is 0 Å². The van der Waals surface area contributed by atoms with Gasteiger partial charge in [-0.25, -0.2) is 8.42 Å². The van der Waals surface area contributed by atoms with E-state index in [4.69, 9.17) is 10.5 Å². The van der Waals surface area contributed by atoms with Crippen LogP contribution in [0.4, 0.5) is 5.69 Å².